The summed E-state index contributed by atoms with van der Waals surface area (Å²) in [5.74, 6) is 0. The van der Waals surface area contributed by atoms with Crippen LogP contribution >= 0.6 is 23.0 Å². The molecular weight excluding hydrogens is 189 g/mol. The molecule has 1 rings (SSSR count). The minimum absolute atomic E-state index is 0.862. The van der Waals surface area contributed by atoms with E-state index in [1.807, 2.05) is 0 Å². The lowest BCUT2D eigenvalue weighted by Gasteiger charge is -1.61. The molecule has 0 unspecified atom stereocenters. The molecule has 4 nitrogen and oxygen atoms in total. The largest absolute Gasteiger partial charge is 0.282 e. The number of hydrogen-bond donors (Lipinski definition) is 0. The predicted octanol–water partition coefficient (Wildman–Crippen LogP) is 0.453. The Morgan fingerprint density at radius 3 is 2.20 bits per heavy atom. The van der Waals surface area contributed by atoms with E-state index in [9.17, 15) is 0 Å². The van der Waals surface area contributed by atoms with Crippen molar-refractivity contribution in [3.05, 3.63) is 0 Å². The van der Waals surface area contributed by atoms with Gasteiger partial charge in [-0.3, -0.25) is 3.17 Å². The van der Waals surface area contributed by atoms with Gasteiger partial charge in [-0.05, 0) is 0 Å². The molecule has 0 bridgehead atoms. The maximum absolute atomic E-state index is 4.22. The van der Waals surface area contributed by atoms with Crippen molar-refractivity contribution in [3.8, 4) is 0 Å². The summed E-state index contributed by atoms with van der Waals surface area (Å²) in [5, 5.41) is 0.862. The number of rotatable bonds is 1. The summed E-state index contributed by atoms with van der Waals surface area (Å²) in [7, 11) is 0. The second kappa shape index (κ2) is 0.959. The third kappa shape index (κ3) is 0.602. The van der Waals surface area contributed by atoms with Crippen LogP contribution in [0.3, 0.4) is 0 Å². The summed E-state index contributed by atoms with van der Waals surface area (Å²) in [5.41, 5.74) is 0. The zero-order valence-corrected chi connectivity index (χ0v) is 4.21. The summed E-state index contributed by atoms with van der Waals surface area (Å²) < 4.78 is 12.1. The fourth-order valence-electron chi connectivity index (χ4n) is 0.0366. The van der Waals surface area contributed by atoms with E-state index in [2.05, 4.69) is 12.5 Å². The number of hydrogen-bond acceptors (Lipinski definition) is 3. The standard InChI is InChI=1S/INO3/c1-3-2-4-5-2. The molecule has 30 valence electrons. The lowest BCUT2D eigenvalue weighted by Crippen LogP contribution is -1.80. The quantitative estimate of drug-likeness (QED) is 0.475. The Morgan fingerprint density at radius 1 is 1.60 bits per heavy atom. The maximum atomic E-state index is 4.22. The first-order valence-electron chi connectivity index (χ1n) is 0.869. The highest BCUT2D eigenvalue weighted by Crippen LogP contribution is 1.89. The van der Waals surface area contributed by atoms with Gasteiger partial charge in [-0.2, -0.15) is 0 Å². The zero-order chi connectivity index (χ0) is 3.70. The summed E-state index contributed by atoms with van der Waals surface area (Å²) in [6.07, 6.45) is 0. The van der Waals surface area contributed by atoms with E-state index in [0.29, 0.717) is 0 Å². The van der Waals surface area contributed by atoms with Gasteiger partial charge in [-0.25, -0.2) is 0 Å². The van der Waals surface area contributed by atoms with Gasteiger partial charge in [0.2, 0.25) is 28.1 Å². The smallest absolute Gasteiger partial charge is 0.235 e. The Kier molecular flexibility index (Phi) is 0.601. The van der Waals surface area contributed by atoms with E-state index < -0.39 is 0 Å². The van der Waals surface area contributed by atoms with Gasteiger partial charge in [0.25, 0.3) is 0 Å². The number of halogens is 1. The van der Waals surface area contributed by atoms with Gasteiger partial charge in [-0.15, -0.1) is 0 Å². The summed E-state index contributed by atoms with van der Waals surface area (Å²) >= 11 is 1.62. The van der Waals surface area contributed by atoms with Gasteiger partial charge in [-0.1, -0.05) is 9.36 Å². The molecule has 5 heavy (non-hydrogen) atoms. The van der Waals surface area contributed by atoms with E-state index in [4.69, 9.17) is 0 Å². The predicted molar refractivity (Wildman–Crippen MR) is 19.6 cm³/mol. The van der Waals surface area contributed by atoms with Crippen molar-refractivity contribution in [1.29, 1.82) is 0 Å². The third-order valence-corrected chi connectivity index (χ3v) is 0.513. The van der Waals surface area contributed by atoms with Crippen LogP contribution in [0.1, 0.15) is 0 Å². The van der Waals surface area contributed by atoms with Crippen LogP contribution in [0.4, 0.5) is 0 Å². The first-order valence-corrected chi connectivity index (χ1v) is 1.75. The van der Waals surface area contributed by atoms with Gasteiger partial charge < -0.3 is 0 Å². The Morgan fingerprint density at radius 2 is 2.20 bits per heavy atom. The molecule has 0 atom stereocenters. The van der Waals surface area contributed by atoms with Gasteiger partial charge >= 0.3 is 0 Å². The van der Waals surface area contributed by atoms with Crippen molar-refractivity contribution in [2.24, 2.45) is 0 Å². The highest BCUT2D eigenvalue weighted by atomic mass is 127. The molecule has 5 heteroatoms. The second-order valence-corrected chi connectivity index (χ2v) is 0.836. The molecule has 0 amide bonds. The molecule has 1 aromatic heterocycles. The highest BCUT2D eigenvalue weighted by molar-refractivity contribution is 14.1. The first-order chi connectivity index (χ1) is 2.43. The van der Waals surface area contributed by atoms with E-state index in [-0.39, 0.29) is 0 Å². The molecule has 0 saturated carbocycles. The summed E-state index contributed by atoms with van der Waals surface area (Å²) in [6.45, 7) is 0. The normalized spacial score (nSPS) is 9.00. The fourth-order valence-corrected chi connectivity index (χ4v) is 0.168. The Bertz CT molecular complexity index is 75.3. The molecule has 0 aliphatic carbocycles. The second-order valence-electron chi connectivity index (χ2n) is 0.442. The molecule has 1 aromatic rings. The van der Waals surface area contributed by atoms with Crippen LogP contribution in [0.2, 0.25) is 0 Å². The maximum Gasteiger partial charge on any atom is 0.235 e. The van der Waals surface area contributed by atoms with E-state index in [1.165, 1.54) is 0 Å². The van der Waals surface area contributed by atoms with E-state index in [1.54, 1.807) is 23.0 Å². The molecule has 0 fully saturated rings. The Labute approximate surface area is 41.1 Å². The minimum Gasteiger partial charge on any atom is -0.282 e. The average Bonchev–Trinajstić information content (AvgIpc) is 2.12. The van der Waals surface area contributed by atoms with Crippen LogP contribution in [0.5, 0.6) is 0 Å². The zero-order valence-electron chi connectivity index (χ0n) is 2.05. The Balaban J connectivity index is 2.35. The van der Waals surface area contributed by atoms with Gasteiger partial charge in [0.1, 0.15) is 0 Å². The van der Waals surface area contributed by atoms with Crippen molar-refractivity contribution in [1.82, 2.24) is 5.08 Å². The average molecular weight is 189 g/mol. The van der Waals surface area contributed by atoms with Crippen molar-refractivity contribution >= 4 is 23.0 Å². The molecule has 0 aromatic carbocycles. The van der Waals surface area contributed by atoms with Crippen LogP contribution in [-0.4, -0.2) is 5.08 Å². The first kappa shape index (κ1) is 3.13. The van der Waals surface area contributed by atoms with Crippen LogP contribution in [-0.2, 0) is 0 Å². The van der Waals surface area contributed by atoms with Crippen LogP contribution in [0.25, 0.3) is 0 Å². The lowest BCUT2D eigenvalue weighted by molar-refractivity contribution is 0.243. The van der Waals surface area contributed by atoms with Crippen LogP contribution < -0.4 is 3.17 Å². The van der Waals surface area contributed by atoms with Crippen molar-refractivity contribution in [2.75, 3.05) is 0 Å². The molecular formula is INO3. The monoisotopic (exact) mass is 189 g/mol. The van der Waals surface area contributed by atoms with Crippen LogP contribution in [0, 0.1) is 0 Å². The molecule has 0 spiro atoms. The summed E-state index contributed by atoms with van der Waals surface area (Å²) in [4.78, 5) is 0. The van der Waals surface area contributed by atoms with Crippen LogP contribution in [0.15, 0.2) is 9.36 Å². The molecule has 0 aliphatic rings. The van der Waals surface area contributed by atoms with E-state index in [0.717, 1.165) is 5.08 Å². The SMILES string of the molecule is IOn1oo1. The molecule has 0 N–H and O–H groups in total. The minimum atomic E-state index is 0.862. The van der Waals surface area contributed by atoms with Crippen molar-refractivity contribution < 1.29 is 12.5 Å². The van der Waals surface area contributed by atoms with Gasteiger partial charge in [0, 0.05) is 0 Å². The third-order valence-electron chi connectivity index (χ3n) is 0.192. The van der Waals surface area contributed by atoms with Crippen molar-refractivity contribution in [3.63, 3.8) is 0 Å². The van der Waals surface area contributed by atoms with E-state index >= 15 is 0 Å². The fraction of sp³-hybridized carbons (Fsp3) is 0. The molecule has 0 radical (unpaired) electrons. The van der Waals surface area contributed by atoms with Crippen molar-refractivity contribution in [2.45, 2.75) is 0 Å². The van der Waals surface area contributed by atoms with Gasteiger partial charge in [0.15, 0.2) is 0 Å². The van der Waals surface area contributed by atoms with Gasteiger partial charge in [0.05, 0.1) is 0 Å². The number of nitrogens with zero attached hydrogens (tertiary/aromatic N) is 1. The molecule has 0 saturated heterocycles. The summed E-state index contributed by atoms with van der Waals surface area (Å²) in [6, 6.07) is 0. The highest BCUT2D eigenvalue weighted by Gasteiger charge is 1.94. The molecule has 1 heterocycles. The lowest BCUT2D eigenvalue weighted by atomic mass is 13.3. The molecule has 0 aliphatic heterocycles. The number of aromatic nitrogens is 1. The Hall–Kier alpha value is -0.0700. The topological polar surface area (TPSA) is 40.4 Å².